The number of rotatable bonds is 9. The first kappa shape index (κ1) is 17.7. The number of hydrogen-bond donors (Lipinski definition) is 0. The van der Waals surface area contributed by atoms with E-state index in [1.807, 2.05) is 13.0 Å². The molecule has 0 N–H and O–H groups in total. The van der Waals surface area contributed by atoms with Crippen molar-refractivity contribution in [2.75, 3.05) is 26.4 Å². The Balaban J connectivity index is 1.41. The fraction of sp³-hybridized carbons (Fsp3) is 0.812. The average Bonchev–Trinajstić information content (AvgIpc) is 3.04. The molecule has 0 aromatic heterocycles. The van der Waals surface area contributed by atoms with E-state index < -0.39 is 11.9 Å². The van der Waals surface area contributed by atoms with Gasteiger partial charge in [-0.25, -0.2) is 0 Å². The summed E-state index contributed by atoms with van der Waals surface area (Å²) in [5, 5.41) is 8.72. The number of nitrogens with zero attached hydrogens (tertiary/aromatic N) is 1. The van der Waals surface area contributed by atoms with E-state index in [0.29, 0.717) is 32.8 Å². The molecule has 2 fully saturated rings. The second kappa shape index (κ2) is 8.85. The molecule has 4 unspecified atom stereocenters. The van der Waals surface area contributed by atoms with Gasteiger partial charge in [0.25, 0.3) is 0 Å². The number of ether oxygens (including phenoxy) is 4. The highest BCUT2D eigenvalue weighted by Gasteiger charge is 2.34. The van der Waals surface area contributed by atoms with Crippen LogP contribution in [-0.2, 0) is 28.5 Å². The molecular formula is C16H23NO6. The molecule has 7 heteroatoms. The van der Waals surface area contributed by atoms with Crippen LogP contribution < -0.4 is 0 Å². The molecule has 0 spiro atoms. The van der Waals surface area contributed by atoms with E-state index in [1.54, 1.807) is 0 Å². The third-order valence-corrected chi connectivity index (χ3v) is 3.96. The maximum Gasteiger partial charge on any atom is 0.323 e. The standard InChI is InChI=1S/C16H23NO6/c1-11-6-13(22-15(11)18)9-20-4-2-3-5-21-10-14-7-12(8-17)16(19)23-14/h11-14H,2-7,9-10H2,1H3. The Hall–Kier alpha value is -1.65. The third kappa shape index (κ3) is 5.48. The Bertz CT molecular complexity index is 460. The zero-order chi connectivity index (χ0) is 16.7. The average molecular weight is 325 g/mol. The van der Waals surface area contributed by atoms with E-state index >= 15 is 0 Å². The maximum absolute atomic E-state index is 11.2. The minimum absolute atomic E-state index is 0.0256. The number of unbranched alkanes of at least 4 members (excludes halogenated alkanes) is 1. The Kier molecular flexibility index (Phi) is 6.81. The summed E-state index contributed by atoms with van der Waals surface area (Å²) < 4.78 is 21.1. The van der Waals surface area contributed by atoms with E-state index in [-0.39, 0.29) is 24.1 Å². The molecule has 0 amide bonds. The van der Waals surface area contributed by atoms with E-state index in [9.17, 15) is 9.59 Å². The molecular weight excluding hydrogens is 302 g/mol. The summed E-state index contributed by atoms with van der Waals surface area (Å²) in [6, 6.07) is 1.92. The maximum atomic E-state index is 11.2. The van der Waals surface area contributed by atoms with Crippen LogP contribution in [0.4, 0.5) is 0 Å². The zero-order valence-electron chi connectivity index (χ0n) is 13.4. The van der Waals surface area contributed by atoms with Crippen molar-refractivity contribution < 1.29 is 28.5 Å². The van der Waals surface area contributed by atoms with Gasteiger partial charge in [0, 0.05) is 19.6 Å². The Morgan fingerprint density at radius 2 is 1.61 bits per heavy atom. The summed E-state index contributed by atoms with van der Waals surface area (Å²) in [5.74, 6) is -1.26. The first-order chi connectivity index (χ1) is 11.1. The van der Waals surface area contributed by atoms with Crippen molar-refractivity contribution in [2.45, 2.75) is 44.8 Å². The Labute approximate surface area is 135 Å². The van der Waals surface area contributed by atoms with Crippen molar-refractivity contribution in [1.29, 1.82) is 5.26 Å². The van der Waals surface area contributed by atoms with Crippen LogP contribution in [0.3, 0.4) is 0 Å². The fourth-order valence-corrected chi connectivity index (χ4v) is 2.62. The van der Waals surface area contributed by atoms with E-state index in [2.05, 4.69) is 0 Å². The van der Waals surface area contributed by atoms with Crippen molar-refractivity contribution in [3.05, 3.63) is 0 Å². The van der Waals surface area contributed by atoms with Crippen LogP contribution in [0.2, 0.25) is 0 Å². The Morgan fingerprint density at radius 3 is 2.09 bits per heavy atom. The van der Waals surface area contributed by atoms with Gasteiger partial charge in [-0.2, -0.15) is 5.26 Å². The monoisotopic (exact) mass is 325 g/mol. The Morgan fingerprint density at radius 1 is 1.04 bits per heavy atom. The van der Waals surface area contributed by atoms with Gasteiger partial charge >= 0.3 is 11.9 Å². The van der Waals surface area contributed by atoms with Gasteiger partial charge in [-0.3, -0.25) is 9.59 Å². The van der Waals surface area contributed by atoms with Gasteiger partial charge in [-0.05, 0) is 19.3 Å². The molecule has 128 valence electrons. The first-order valence-electron chi connectivity index (χ1n) is 8.06. The molecule has 0 bridgehead atoms. The van der Waals surface area contributed by atoms with Gasteiger partial charge in [0.2, 0.25) is 0 Å². The van der Waals surface area contributed by atoms with Crippen LogP contribution in [0, 0.1) is 23.2 Å². The third-order valence-electron chi connectivity index (χ3n) is 3.96. The molecule has 4 atom stereocenters. The molecule has 2 heterocycles. The highest BCUT2D eigenvalue weighted by atomic mass is 16.6. The van der Waals surface area contributed by atoms with Crippen molar-refractivity contribution in [1.82, 2.24) is 0 Å². The van der Waals surface area contributed by atoms with Crippen LogP contribution in [0.25, 0.3) is 0 Å². The quantitative estimate of drug-likeness (QED) is 0.464. The van der Waals surface area contributed by atoms with Gasteiger partial charge in [-0.1, -0.05) is 6.92 Å². The lowest BCUT2D eigenvalue weighted by Crippen LogP contribution is -2.16. The molecule has 2 rings (SSSR count). The van der Waals surface area contributed by atoms with Gasteiger partial charge < -0.3 is 18.9 Å². The fourth-order valence-electron chi connectivity index (χ4n) is 2.62. The number of esters is 2. The molecule has 0 aromatic rings. The molecule has 0 saturated carbocycles. The number of carbonyl (C=O) groups excluding carboxylic acids is 2. The molecule has 2 aliphatic rings. The van der Waals surface area contributed by atoms with Crippen LogP contribution in [0.5, 0.6) is 0 Å². The summed E-state index contributed by atoms with van der Waals surface area (Å²) in [6.07, 6.45) is 2.41. The second-order valence-corrected chi connectivity index (χ2v) is 6.03. The summed E-state index contributed by atoms with van der Waals surface area (Å²) in [5.41, 5.74) is 0. The van der Waals surface area contributed by atoms with Crippen LogP contribution in [0.1, 0.15) is 32.6 Å². The molecule has 7 nitrogen and oxygen atoms in total. The lowest BCUT2D eigenvalue weighted by atomic mass is 10.1. The van der Waals surface area contributed by atoms with Crippen LogP contribution in [-0.4, -0.2) is 50.6 Å². The number of carbonyl (C=O) groups is 2. The van der Waals surface area contributed by atoms with Crippen LogP contribution >= 0.6 is 0 Å². The second-order valence-electron chi connectivity index (χ2n) is 6.03. The van der Waals surface area contributed by atoms with Crippen molar-refractivity contribution in [2.24, 2.45) is 11.8 Å². The minimum Gasteiger partial charge on any atom is -0.460 e. The smallest absolute Gasteiger partial charge is 0.323 e. The SMILES string of the molecule is CC1CC(COCCCCOCC2CC(C#N)C(=O)O2)OC1=O. The topological polar surface area (TPSA) is 94.8 Å². The number of nitriles is 1. The predicted octanol–water partition coefficient (Wildman–Crippen LogP) is 1.21. The van der Waals surface area contributed by atoms with Gasteiger partial charge in [-0.15, -0.1) is 0 Å². The minimum atomic E-state index is -0.649. The van der Waals surface area contributed by atoms with Crippen molar-refractivity contribution in [3.63, 3.8) is 0 Å². The summed E-state index contributed by atoms with van der Waals surface area (Å²) in [6.45, 7) is 3.80. The summed E-state index contributed by atoms with van der Waals surface area (Å²) in [4.78, 5) is 22.4. The summed E-state index contributed by atoms with van der Waals surface area (Å²) in [7, 11) is 0. The van der Waals surface area contributed by atoms with Gasteiger partial charge in [0.1, 0.15) is 18.1 Å². The van der Waals surface area contributed by atoms with Crippen molar-refractivity contribution >= 4 is 11.9 Å². The van der Waals surface area contributed by atoms with Crippen molar-refractivity contribution in [3.8, 4) is 6.07 Å². The number of cyclic esters (lactones) is 2. The van der Waals surface area contributed by atoms with Gasteiger partial charge in [0.05, 0.1) is 25.2 Å². The van der Waals surface area contributed by atoms with Crippen LogP contribution in [0.15, 0.2) is 0 Å². The molecule has 0 aliphatic carbocycles. The molecule has 2 saturated heterocycles. The zero-order valence-corrected chi connectivity index (χ0v) is 13.4. The lowest BCUT2D eigenvalue weighted by Gasteiger charge is -2.11. The van der Waals surface area contributed by atoms with E-state index in [0.717, 1.165) is 19.3 Å². The highest BCUT2D eigenvalue weighted by Crippen LogP contribution is 2.21. The molecule has 0 radical (unpaired) electrons. The van der Waals surface area contributed by atoms with E-state index in [4.69, 9.17) is 24.2 Å². The van der Waals surface area contributed by atoms with Gasteiger partial charge in [0.15, 0.2) is 0 Å². The predicted molar refractivity (Wildman–Crippen MR) is 78.1 cm³/mol. The lowest BCUT2D eigenvalue weighted by molar-refractivity contribution is -0.146. The highest BCUT2D eigenvalue weighted by molar-refractivity contribution is 5.77. The molecule has 23 heavy (non-hydrogen) atoms. The summed E-state index contributed by atoms with van der Waals surface area (Å²) >= 11 is 0. The van der Waals surface area contributed by atoms with E-state index in [1.165, 1.54) is 0 Å². The molecule has 0 aromatic carbocycles. The largest absolute Gasteiger partial charge is 0.460 e. The normalized spacial score (nSPS) is 30.1. The number of hydrogen-bond acceptors (Lipinski definition) is 7. The first-order valence-corrected chi connectivity index (χ1v) is 8.06. The molecule has 2 aliphatic heterocycles.